The molecule has 0 aliphatic heterocycles. The Labute approximate surface area is 111 Å². The van der Waals surface area contributed by atoms with Crippen molar-refractivity contribution in [3.8, 4) is 5.75 Å². The van der Waals surface area contributed by atoms with Gasteiger partial charge in [-0.1, -0.05) is 28.9 Å². The van der Waals surface area contributed by atoms with E-state index in [4.69, 9.17) is 4.74 Å². The van der Waals surface area contributed by atoms with E-state index in [1.807, 2.05) is 12.1 Å². The van der Waals surface area contributed by atoms with Gasteiger partial charge in [0.2, 0.25) is 0 Å². The standard InChI is InChI=1S/C13H18BrNO2/c1-3-11(7-8-14)15-13(16)10-5-4-6-12(9-10)17-2/h4-6,9,11H,3,7-8H2,1-2H3,(H,15,16). The summed E-state index contributed by atoms with van der Waals surface area (Å²) in [5.41, 5.74) is 0.636. The Kier molecular flexibility index (Phi) is 6.05. The molecule has 3 nitrogen and oxygen atoms in total. The maximum Gasteiger partial charge on any atom is 0.251 e. The van der Waals surface area contributed by atoms with Gasteiger partial charge in [-0.3, -0.25) is 4.79 Å². The van der Waals surface area contributed by atoms with Crippen molar-refractivity contribution in [3.05, 3.63) is 29.8 Å². The molecule has 1 rings (SSSR count). The molecule has 0 bridgehead atoms. The van der Waals surface area contributed by atoms with Crippen molar-refractivity contribution >= 4 is 21.8 Å². The number of benzene rings is 1. The van der Waals surface area contributed by atoms with Gasteiger partial charge in [-0.15, -0.1) is 0 Å². The van der Waals surface area contributed by atoms with Gasteiger partial charge < -0.3 is 10.1 Å². The van der Waals surface area contributed by atoms with E-state index in [0.717, 1.165) is 18.2 Å². The minimum Gasteiger partial charge on any atom is -0.497 e. The van der Waals surface area contributed by atoms with Gasteiger partial charge in [0.15, 0.2) is 0 Å². The van der Waals surface area contributed by atoms with Crippen molar-refractivity contribution in [2.75, 3.05) is 12.4 Å². The van der Waals surface area contributed by atoms with Gasteiger partial charge in [0, 0.05) is 16.9 Å². The third-order valence-electron chi connectivity index (χ3n) is 2.62. The molecule has 1 aromatic rings. The summed E-state index contributed by atoms with van der Waals surface area (Å²) in [5.74, 6) is 0.655. The summed E-state index contributed by atoms with van der Waals surface area (Å²) < 4.78 is 5.10. The second-order valence-corrected chi connectivity index (χ2v) is 4.58. The van der Waals surface area contributed by atoms with E-state index >= 15 is 0 Å². The Morgan fingerprint density at radius 3 is 2.88 bits per heavy atom. The van der Waals surface area contributed by atoms with E-state index in [9.17, 15) is 4.79 Å². The van der Waals surface area contributed by atoms with Crippen LogP contribution >= 0.6 is 15.9 Å². The molecule has 0 heterocycles. The third kappa shape index (κ3) is 4.38. The summed E-state index contributed by atoms with van der Waals surface area (Å²) in [6, 6.07) is 7.40. The molecular formula is C13H18BrNO2. The molecule has 1 amide bonds. The van der Waals surface area contributed by atoms with Crippen LogP contribution < -0.4 is 10.1 Å². The normalized spacial score (nSPS) is 11.9. The Morgan fingerprint density at radius 2 is 2.29 bits per heavy atom. The predicted molar refractivity (Wildman–Crippen MR) is 73.0 cm³/mol. The van der Waals surface area contributed by atoms with Crippen molar-refractivity contribution < 1.29 is 9.53 Å². The SMILES string of the molecule is CCC(CCBr)NC(=O)c1cccc(OC)c1. The lowest BCUT2D eigenvalue weighted by Gasteiger charge is -2.15. The molecule has 0 radical (unpaired) electrons. The first-order valence-corrected chi connectivity index (χ1v) is 6.84. The van der Waals surface area contributed by atoms with E-state index < -0.39 is 0 Å². The van der Waals surface area contributed by atoms with Gasteiger partial charge in [0.05, 0.1) is 7.11 Å². The first kappa shape index (κ1) is 14.0. The Hall–Kier alpha value is -1.03. The van der Waals surface area contributed by atoms with E-state index in [1.54, 1.807) is 19.2 Å². The number of rotatable bonds is 6. The van der Waals surface area contributed by atoms with Gasteiger partial charge in [0.25, 0.3) is 5.91 Å². The van der Waals surface area contributed by atoms with Gasteiger partial charge in [-0.05, 0) is 31.0 Å². The summed E-state index contributed by atoms with van der Waals surface area (Å²) in [6.45, 7) is 2.07. The summed E-state index contributed by atoms with van der Waals surface area (Å²) in [7, 11) is 1.59. The number of carbonyl (C=O) groups excluding carboxylic acids is 1. The van der Waals surface area contributed by atoms with Crippen molar-refractivity contribution in [3.63, 3.8) is 0 Å². The lowest BCUT2D eigenvalue weighted by atomic mass is 10.1. The van der Waals surface area contributed by atoms with Crippen molar-refractivity contribution in [2.24, 2.45) is 0 Å². The monoisotopic (exact) mass is 299 g/mol. The Bertz CT molecular complexity index is 368. The number of hydrogen-bond acceptors (Lipinski definition) is 2. The van der Waals surface area contributed by atoms with Gasteiger partial charge >= 0.3 is 0 Å². The van der Waals surface area contributed by atoms with Crippen LogP contribution in [0.1, 0.15) is 30.1 Å². The molecule has 0 fully saturated rings. The van der Waals surface area contributed by atoms with E-state index in [0.29, 0.717) is 11.3 Å². The van der Waals surface area contributed by atoms with Crippen LogP contribution in [0.3, 0.4) is 0 Å². The fraction of sp³-hybridized carbons (Fsp3) is 0.462. The van der Waals surface area contributed by atoms with Gasteiger partial charge in [0.1, 0.15) is 5.75 Å². The van der Waals surface area contributed by atoms with E-state index in [1.165, 1.54) is 0 Å². The number of ether oxygens (including phenoxy) is 1. The Morgan fingerprint density at radius 1 is 1.53 bits per heavy atom. The van der Waals surface area contributed by atoms with Gasteiger partial charge in [-0.25, -0.2) is 0 Å². The molecule has 17 heavy (non-hydrogen) atoms. The number of carbonyl (C=O) groups is 1. The molecule has 0 spiro atoms. The van der Waals surface area contributed by atoms with Crippen LogP contribution in [-0.2, 0) is 0 Å². The topological polar surface area (TPSA) is 38.3 Å². The first-order chi connectivity index (χ1) is 8.21. The summed E-state index contributed by atoms with van der Waals surface area (Å²) in [6.07, 6.45) is 1.87. The van der Waals surface area contributed by atoms with Crippen molar-refractivity contribution in [1.82, 2.24) is 5.32 Å². The third-order valence-corrected chi connectivity index (χ3v) is 3.08. The molecule has 1 atom stereocenters. The van der Waals surface area contributed by atoms with Crippen LogP contribution in [0.4, 0.5) is 0 Å². The second-order valence-electron chi connectivity index (χ2n) is 3.79. The van der Waals surface area contributed by atoms with Crippen LogP contribution in [0.5, 0.6) is 5.75 Å². The average molecular weight is 300 g/mol. The predicted octanol–water partition coefficient (Wildman–Crippen LogP) is 2.99. The fourth-order valence-electron chi connectivity index (χ4n) is 1.54. The lowest BCUT2D eigenvalue weighted by molar-refractivity contribution is 0.0935. The molecule has 0 aliphatic rings. The fourth-order valence-corrected chi connectivity index (χ4v) is 2.10. The van der Waals surface area contributed by atoms with Crippen LogP contribution in [0.25, 0.3) is 0 Å². The number of alkyl halides is 1. The zero-order valence-corrected chi connectivity index (χ0v) is 11.8. The highest BCUT2D eigenvalue weighted by Gasteiger charge is 2.11. The molecule has 0 saturated heterocycles. The molecule has 0 aromatic heterocycles. The highest BCUT2D eigenvalue weighted by molar-refractivity contribution is 9.09. The number of amides is 1. The van der Waals surface area contributed by atoms with Crippen molar-refractivity contribution in [1.29, 1.82) is 0 Å². The van der Waals surface area contributed by atoms with Crippen molar-refractivity contribution in [2.45, 2.75) is 25.8 Å². The molecule has 1 N–H and O–H groups in total. The average Bonchev–Trinajstić information content (AvgIpc) is 2.38. The Balaban J connectivity index is 2.68. The van der Waals surface area contributed by atoms with Crippen LogP contribution in [-0.4, -0.2) is 24.4 Å². The van der Waals surface area contributed by atoms with Crippen LogP contribution in [0.2, 0.25) is 0 Å². The summed E-state index contributed by atoms with van der Waals surface area (Å²) in [4.78, 5) is 12.0. The minimum atomic E-state index is -0.0447. The second kappa shape index (κ2) is 7.33. The molecule has 0 aliphatic carbocycles. The van der Waals surface area contributed by atoms with E-state index in [2.05, 4.69) is 28.2 Å². The number of nitrogens with one attached hydrogen (secondary N) is 1. The maximum atomic E-state index is 12.0. The highest BCUT2D eigenvalue weighted by atomic mass is 79.9. The highest BCUT2D eigenvalue weighted by Crippen LogP contribution is 2.13. The zero-order chi connectivity index (χ0) is 12.7. The first-order valence-electron chi connectivity index (χ1n) is 5.72. The largest absolute Gasteiger partial charge is 0.497 e. The maximum absolute atomic E-state index is 12.0. The molecular weight excluding hydrogens is 282 g/mol. The van der Waals surface area contributed by atoms with Crippen LogP contribution in [0, 0.1) is 0 Å². The molecule has 1 unspecified atom stereocenters. The number of halogens is 1. The molecule has 1 aromatic carbocycles. The quantitative estimate of drug-likeness (QED) is 0.820. The van der Waals surface area contributed by atoms with Gasteiger partial charge in [-0.2, -0.15) is 0 Å². The van der Waals surface area contributed by atoms with Crippen LogP contribution in [0.15, 0.2) is 24.3 Å². The smallest absolute Gasteiger partial charge is 0.251 e. The summed E-state index contributed by atoms with van der Waals surface area (Å²) >= 11 is 3.39. The molecule has 0 saturated carbocycles. The molecule has 94 valence electrons. The summed E-state index contributed by atoms with van der Waals surface area (Å²) in [5, 5.41) is 3.90. The number of methoxy groups -OCH3 is 1. The lowest BCUT2D eigenvalue weighted by Crippen LogP contribution is -2.34. The minimum absolute atomic E-state index is 0.0447. The number of hydrogen-bond donors (Lipinski definition) is 1. The van der Waals surface area contributed by atoms with E-state index in [-0.39, 0.29) is 11.9 Å². The molecule has 4 heteroatoms. The zero-order valence-electron chi connectivity index (χ0n) is 10.2.